The van der Waals surface area contributed by atoms with Gasteiger partial charge < -0.3 is 14.6 Å². The Morgan fingerprint density at radius 2 is 1.70 bits per heavy atom. The van der Waals surface area contributed by atoms with Gasteiger partial charge in [-0.1, -0.05) is 36.4 Å². The minimum atomic E-state index is -0.270. The summed E-state index contributed by atoms with van der Waals surface area (Å²) in [5, 5.41) is 19.2. The van der Waals surface area contributed by atoms with Gasteiger partial charge in [0.1, 0.15) is 0 Å². The van der Waals surface area contributed by atoms with Crippen LogP contribution in [0.2, 0.25) is 0 Å². The van der Waals surface area contributed by atoms with E-state index in [1.165, 1.54) is 5.69 Å². The van der Waals surface area contributed by atoms with Crippen molar-refractivity contribution in [3.63, 3.8) is 0 Å². The number of aromatic nitrogens is 1. The molecule has 1 fully saturated rings. The Labute approximate surface area is 176 Å². The van der Waals surface area contributed by atoms with E-state index in [4.69, 9.17) is 0 Å². The van der Waals surface area contributed by atoms with Crippen molar-refractivity contribution in [3.05, 3.63) is 54.6 Å². The van der Waals surface area contributed by atoms with E-state index in [9.17, 15) is 9.90 Å². The van der Waals surface area contributed by atoms with Crippen molar-refractivity contribution in [2.75, 3.05) is 37.6 Å². The smallest absolute Gasteiger partial charge is 0.266 e. The largest absolute Gasteiger partial charge is 0.493 e. The molecule has 1 aliphatic heterocycles. The molecule has 7 heteroatoms. The topological polar surface area (TPSA) is 73.4 Å². The van der Waals surface area contributed by atoms with E-state index in [2.05, 4.69) is 44.3 Å². The van der Waals surface area contributed by atoms with Crippen LogP contribution in [-0.2, 0) is 11.3 Å². The lowest BCUT2D eigenvalue weighted by molar-refractivity contribution is -0.118. The molecule has 1 N–H and O–H groups in total. The van der Waals surface area contributed by atoms with Crippen molar-refractivity contribution < 1.29 is 9.90 Å². The number of fused-ring (bicyclic) bond motifs is 1. The number of benzene rings is 2. The van der Waals surface area contributed by atoms with E-state index >= 15 is 0 Å². The van der Waals surface area contributed by atoms with Crippen molar-refractivity contribution in [2.24, 2.45) is 10.2 Å². The number of rotatable bonds is 6. The fourth-order valence-corrected chi connectivity index (χ4v) is 3.97. The third-order valence-electron chi connectivity index (χ3n) is 5.63. The Morgan fingerprint density at radius 1 is 1.00 bits per heavy atom. The number of para-hydroxylation sites is 2. The van der Waals surface area contributed by atoms with Crippen LogP contribution in [0, 0.1) is 0 Å². The lowest BCUT2D eigenvalue weighted by atomic mass is 10.2. The number of carbonyl (C=O) groups is 1. The van der Waals surface area contributed by atoms with Crippen molar-refractivity contribution in [1.82, 2.24) is 9.47 Å². The Kier molecular flexibility index (Phi) is 6.09. The van der Waals surface area contributed by atoms with Crippen LogP contribution in [0.3, 0.4) is 0 Å². The Balaban J connectivity index is 1.32. The number of anilines is 1. The summed E-state index contributed by atoms with van der Waals surface area (Å²) in [4.78, 5) is 16.9. The van der Waals surface area contributed by atoms with Crippen LogP contribution in [0.5, 0.6) is 5.88 Å². The number of aromatic hydroxyl groups is 1. The van der Waals surface area contributed by atoms with Crippen LogP contribution in [0.25, 0.3) is 10.9 Å². The first-order valence-electron chi connectivity index (χ1n) is 10.4. The van der Waals surface area contributed by atoms with E-state index in [-0.39, 0.29) is 11.8 Å². The molecule has 156 valence electrons. The minimum Gasteiger partial charge on any atom is -0.493 e. The van der Waals surface area contributed by atoms with E-state index in [1.54, 1.807) is 4.57 Å². The van der Waals surface area contributed by atoms with Crippen LogP contribution in [-0.4, -0.2) is 53.2 Å². The molecule has 0 saturated carbocycles. The summed E-state index contributed by atoms with van der Waals surface area (Å²) >= 11 is 0. The van der Waals surface area contributed by atoms with E-state index in [1.807, 2.05) is 37.3 Å². The monoisotopic (exact) mass is 405 g/mol. The lowest BCUT2D eigenvalue weighted by Crippen LogP contribution is -2.46. The summed E-state index contributed by atoms with van der Waals surface area (Å²) < 4.78 is 1.76. The van der Waals surface area contributed by atoms with Gasteiger partial charge in [0.05, 0.1) is 5.52 Å². The molecule has 1 saturated heterocycles. The van der Waals surface area contributed by atoms with Gasteiger partial charge in [-0.05, 0) is 25.1 Å². The normalized spacial score (nSPS) is 15.3. The number of azo groups is 1. The molecule has 3 aromatic rings. The first kappa shape index (κ1) is 20.1. The average molecular weight is 406 g/mol. The zero-order valence-corrected chi connectivity index (χ0v) is 17.2. The van der Waals surface area contributed by atoms with Gasteiger partial charge >= 0.3 is 0 Å². The Hall–Kier alpha value is -3.19. The zero-order chi connectivity index (χ0) is 20.9. The van der Waals surface area contributed by atoms with Gasteiger partial charge in [-0.25, -0.2) is 0 Å². The summed E-state index contributed by atoms with van der Waals surface area (Å²) in [6.45, 7) is 6.98. The molecule has 2 heterocycles. The van der Waals surface area contributed by atoms with Crippen LogP contribution in [0.4, 0.5) is 11.4 Å². The maximum absolute atomic E-state index is 12.3. The first-order valence-corrected chi connectivity index (χ1v) is 10.4. The number of nitrogens with zero attached hydrogens (tertiary/aromatic N) is 5. The molecule has 2 aromatic carbocycles. The minimum absolute atomic E-state index is 0.0484. The van der Waals surface area contributed by atoms with Gasteiger partial charge in [0.2, 0.25) is 5.88 Å². The quantitative estimate of drug-likeness (QED) is 0.624. The highest BCUT2D eigenvalue weighted by molar-refractivity contribution is 5.95. The molecule has 0 aliphatic carbocycles. The lowest BCUT2D eigenvalue weighted by Gasteiger charge is -2.35. The Bertz CT molecular complexity index is 1040. The number of aryl methyl sites for hydroxylation is 1. The van der Waals surface area contributed by atoms with Crippen molar-refractivity contribution in [1.29, 1.82) is 0 Å². The highest BCUT2D eigenvalue weighted by Crippen LogP contribution is 2.38. The van der Waals surface area contributed by atoms with Crippen LogP contribution in [0.15, 0.2) is 64.8 Å². The number of carbonyl (C=O) groups excluding carboxylic acids is 1. The average Bonchev–Trinajstić information content (AvgIpc) is 3.07. The van der Waals surface area contributed by atoms with E-state index in [0.29, 0.717) is 25.2 Å². The van der Waals surface area contributed by atoms with Gasteiger partial charge in [0, 0.05) is 56.8 Å². The maximum Gasteiger partial charge on any atom is 0.266 e. The standard InChI is InChI=1S/C23H27N5O2/c1-2-28-20-11-7-6-10-19(20)22(23(28)30)25-24-21(29)12-13-26-14-16-27(17-15-26)18-8-4-3-5-9-18/h3-11,30H,2,12-17H2,1H3. The molecule has 0 bridgehead atoms. The molecule has 1 aliphatic rings. The Morgan fingerprint density at radius 3 is 2.43 bits per heavy atom. The van der Waals surface area contributed by atoms with Crippen molar-refractivity contribution >= 4 is 28.2 Å². The fraction of sp³-hybridized carbons (Fsp3) is 0.348. The van der Waals surface area contributed by atoms with Crippen LogP contribution in [0.1, 0.15) is 13.3 Å². The van der Waals surface area contributed by atoms with Crippen LogP contribution < -0.4 is 4.90 Å². The summed E-state index contributed by atoms with van der Waals surface area (Å²) in [7, 11) is 0. The highest BCUT2D eigenvalue weighted by atomic mass is 16.3. The second-order valence-corrected chi connectivity index (χ2v) is 7.44. The van der Waals surface area contributed by atoms with Crippen LogP contribution >= 0.6 is 0 Å². The molecular formula is C23H27N5O2. The van der Waals surface area contributed by atoms with Gasteiger partial charge in [-0.3, -0.25) is 9.69 Å². The predicted octanol–water partition coefficient (Wildman–Crippen LogP) is 4.19. The maximum atomic E-state index is 12.3. The number of amides is 1. The van der Waals surface area contributed by atoms with E-state index < -0.39 is 0 Å². The number of hydrogen-bond acceptors (Lipinski definition) is 5. The second kappa shape index (κ2) is 9.09. The predicted molar refractivity (Wildman–Crippen MR) is 119 cm³/mol. The van der Waals surface area contributed by atoms with Gasteiger partial charge in [-0.2, -0.15) is 0 Å². The SMILES string of the molecule is CCn1c(O)c(N=NC(=O)CCN2CCN(c3ccccc3)CC2)c2ccccc21. The van der Waals surface area contributed by atoms with Gasteiger partial charge in [-0.15, -0.1) is 10.2 Å². The third-order valence-corrected chi connectivity index (χ3v) is 5.63. The molecule has 0 atom stereocenters. The van der Waals surface area contributed by atoms with Crippen molar-refractivity contribution in [2.45, 2.75) is 19.9 Å². The summed E-state index contributed by atoms with van der Waals surface area (Å²) in [6.07, 6.45) is 0.321. The van der Waals surface area contributed by atoms with Gasteiger partial charge in [0.25, 0.3) is 5.91 Å². The second-order valence-electron chi connectivity index (χ2n) is 7.44. The molecule has 7 nitrogen and oxygen atoms in total. The molecule has 0 unspecified atom stereocenters. The molecule has 1 aromatic heterocycles. The number of hydrogen-bond donors (Lipinski definition) is 1. The summed E-state index contributed by atoms with van der Waals surface area (Å²) in [5.74, 6) is -0.222. The third kappa shape index (κ3) is 4.21. The molecule has 30 heavy (non-hydrogen) atoms. The molecule has 0 radical (unpaired) electrons. The molecule has 0 spiro atoms. The molecule has 1 amide bonds. The molecular weight excluding hydrogens is 378 g/mol. The molecule has 4 rings (SSSR count). The summed E-state index contributed by atoms with van der Waals surface area (Å²) in [6, 6.07) is 18.0. The number of piperazine rings is 1. The zero-order valence-electron chi connectivity index (χ0n) is 17.2. The summed E-state index contributed by atoms with van der Waals surface area (Å²) in [5.41, 5.74) is 2.49. The van der Waals surface area contributed by atoms with Gasteiger partial charge in [0.15, 0.2) is 5.69 Å². The van der Waals surface area contributed by atoms with Crippen molar-refractivity contribution in [3.8, 4) is 5.88 Å². The fourth-order valence-electron chi connectivity index (χ4n) is 3.97. The van der Waals surface area contributed by atoms with E-state index in [0.717, 1.165) is 37.1 Å². The highest BCUT2D eigenvalue weighted by Gasteiger charge is 2.18. The first-order chi connectivity index (χ1) is 14.7.